The number of primary amides is 1. The summed E-state index contributed by atoms with van der Waals surface area (Å²) in [5.74, 6) is 2.10. The van der Waals surface area contributed by atoms with Crippen LogP contribution in [0.1, 0.15) is 33.1 Å². The van der Waals surface area contributed by atoms with Crippen LogP contribution in [0.25, 0.3) is 0 Å². The summed E-state index contributed by atoms with van der Waals surface area (Å²) in [5.41, 5.74) is 5.06. The largest absolute Gasteiger partial charge is 0.370 e. The lowest BCUT2D eigenvalue weighted by molar-refractivity contribution is -0.119. The van der Waals surface area contributed by atoms with Crippen molar-refractivity contribution in [1.29, 1.82) is 0 Å². The molecule has 0 aliphatic heterocycles. The van der Waals surface area contributed by atoms with E-state index >= 15 is 0 Å². The van der Waals surface area contributed by atoms with Crippen LogP contribution in [0, 0.1) is 17.8 Å². The lowest BCUT2D eigenvalue weighted by atomic mass is 9.91. The van der Waals surface area contributed by atoms with Crippen LogP contribution in [0.5, 0.6) is 0 Å². The maximum Gasteiger partial charge on any atom is 0.219 e. The van der Waals surface area contributed by atoms with Gasteiger partial charge in [-0.15, -0.1) is 0 Å². The number of allylic oxidation sites excluding steroid dienone is 2. The lowest BCUT2D eigenvalue weighted by Gasteiger charge is -2.28. The van der Waals surface area contributed by atoms with Crippen LogP contribution < -0.4 is 11.1 Å². The predicted molar refractivity (Wildman–Crippen MR) is 64.7 cm³/mol. The van der Waals surface area contributed by atoms with E-state index in [0.717, 1.165) is 24.3 Å². The molecule has 2 aliphatic rings. The van der Waals surface area contributed by atoms with Gasteiger partial charge in [-0.2, -0.15) is 0 Å². The second kappa shape index (κ2) is 4.21. The number of fused-ring (bicyclic) bond motifs is 2. The molecule has 1 amide bonds. The SMILES string of the molecule is CC(C)(CC(N)=O)NCC1CC2C=CC1C2. The zero-order valence-electron chi connectivity index (χ0n) is 10.2. The molecule has 3 nitrogen and oxygen atoms in total. The van der Waals surface area contributed by atoms with Crippen molar-refractivity contribution in [3.63, 3.8) is 0 Å². The molecular weight excluding hydrogens is 200 g/mol. The van der Waals surface area contributed by atoms with E-state index in [9.17, 15) is 4.79 Å². The van der Waals surface area contributed by atoms with Gasteiger partial charge in [0.15, 0.2) is 0 Å². The van der Waals surface area contributed by atoms with Crippen molar-refractivity contribution in [2.75, 3.05) is 6.54 Å². The Balaban J connectivity index is 1.79. The highest BCUT2D eigenvalue weighted by molar-refractivity contribution is 5.74. The summed E-state index contributed by atoms with van der Waals surface area (Å²) in [7, 11) is 0. The minimum Gasteiger partial charge on any atom is -0.370 e. The summed E-state index contributed by atoms with van der Waals surface area (Å²) in [4.78, 5) is 10.9. The fraction of sp³-hybridized carbons (Fsp3) is 0.769. The van der Waals surface area contributed by atoms with E-state index in [1.807, 2.05) is 13.8 Å². The Bertz CT molecular complexity index is 309. The van der Waals surface area contributed by atoms with Crippen LogP contribution in [-0.2, 0) is 4.79 Å². The molecule has 2 bridgehead atoms. The Morgan fingerprint density at radius 2 is 2.19 bits per heavy atom. The lowest BCUT2D eigenvalue weighted by Crippen LogP contribution is -2.45. The average molecular weight is 222 g/mol. The van der Waals surface area contributed by atoms with E-state index in [2.05, 4.69) is 17.5 Å². The van der Waals surface area contributed by atoms with Crippen LogP contribution in [0.2, 0.25) is 0 Å². The van der Waals surface area contributed by atoms with Gasteiger partial charge in [0.05, 0.1) is 0 Å². The van der Waals surface area contributed by atoms with Crippen molar-refractivity contribution in [1.82, 2.24) is 5.32 Å². The van der Waals surface area contributed by atoms with E-state index in [4.69, 9.17) is 5.73 Å². The number of carbonyl (C=O) groups excluding carboxylic acids is 1. The number of hydrogen-bond acceptors (Lipinski definition) is 2. The highest BCUT2D eigenvalue weighted by atomic mass is 16.1. The normalized spacial score (nSPS) is 32.2. The van der Waals surface area contributed by atoms with Gasteiger partial charge in [-0.25, -0.2) is 0 Å². The zero-order chi connectivity index (χ0) is 11.8. The van der Waals surface area contributed by atoms with E-state index in [0.29, 0.717) is 6.42 Å². The summed E-state index contributed by atoms with van der Waals surface area (Å²) < 4.78 is 0. The standard InChI is InChI=1S/C13H22N2O/c1-13(2,7-12(14)16)15-8-11-6-9-3-4-10(11)5-9/h3-4,9-11,15H,5-8H2,1-2H3,(H2,14,16). The molecule has 0 aromatic heterocycles. The first kappa shape index (κ1) is 11.6. The molecule has 0 spiro atoms. The van der Waals surface area contributed by atoms with Gasteiger partial charge in [-0.1, -0.05) is 12.2 Å². The second-order valence-electron chi connectivity index (χ2n) is 5.95. The molecule has 16 heavy (non-hydrogen) atoms. The second-order valence-corrected chi connectivity index (χ2v) is 5.95. The van der Waals surface area contributed by atoms with Crippen molar-refractivity contribution >= 4 is 5.91 Å². The summed E-state index contributed by atoms with van der Waals surface area (Å²) >= 11 is 0. The van der Waals surface area contributed by atoms with Crippen molar-refractivity contribution in [3.05, 3.63) is 12.2 Å². The monoisotopic (exact) mass is 222 g/mol. The third-order valence-corrected chi connectivity index (χ3v) is 3.88. The molecule has 1 fully saturated rings. The molecule has 3 N–H and O–H groups in total. The van der Waals surface area contributed by atoms with Gasteiger partial charge < -0.3 is 11.1 Å². The number of nitrogens with two attached hydrogens (primary N) is 1. The quantitative estimate of drug-likeness (QED) is 0.692. The number of rotatable bonds is 5. The molecular formula is C13H22N2O. The van der Waals surface area contributed by atoms with E-state index in [1.165, 1.54) is 12.8 Å². The molecule has 90 valence electrons. The molecule has 3 unspecified atom stereocenters. The molecule has 0 saturated heterocycles. The van der Waals surface area contributed by atoms with E-state index in [-0.39, 0.29) is 11.4 Å². The van der Waals surface area contributed by atoms with Gasteiger partial charge in [0.2, 0.25) is 5.91 Å². The van der Waals surface area contributed by atoms with Gasteiger partial charge in [-0.05, 0) is 51.0 Å². The van der Waals surface area contributed by atoms with Gasteiger partial charge in [-0.3, -0.25) is 4.79 Å². The van der Waals surface area contributed by atoms with E-state index < -0.39 is 0 Å². The first-order valence-corrected chi connectivity index (χ1v) is 6.18. The van der Waals surface area contributed by atoms with Gasteiger partial charge in [0, 0.05) is 12.0 Å². The van der Waals surface area contributed by atoms with Crippen molar-refractivity contribution in [2.24, 2.45) is 23.5 Å². The van der Waals surface area contributed by atoms with Crippen molar-refractivity contribution in [2.45, 2.75) is 38.6 Å². The van der Waals surface area contributed by atoms with Crippen LogP contribution in [0.15, 0.2) is 12.2 Å². The molecule has 0 heterocycles. The highest BCUT2D eigenvalue weighted by Crippen LogP contribution is 2.43. The van der Waals surface area contributed by atoms with Crippen molar-refractivity contribution < 1.29 is 4.79 Å². The Morgan fingerprint density at radius 3 is 2.69 bits per heavy atom. The maximum atomic E-state index is 10.9. The molecule has 2 aliphatic carbocycles. The number of hydrogen-bond donors (Lipinski definition) is 2. The van der Waals surface area contributed by atoms with Crippen LogP contribution >= 0.6 is 0 Å². The van der Waals surface area contributed by atoms with Gasteiger partial charge in [0.1, 0.15) is 0 Å². The summed E-state index contributed by atoms with van der Waals surface area (Å²) in [5, 5.41) is 3.48. The fourth-order valence-electron chi connectivity index (χ4n) is 3.03. The average Bonchev–Trinajstić information content (AvgIpc) is 2.73. The van der Waals surface area contributed by atoms with Crippen LogP contribution in [-0.4, -0.2) is 18.0 Å². The minimum atomic E-state index is -0.231. The summed E-state index contributed by atoms with van der Waals surface area (Å²) in [6.07, 6.45) is 7.77. The summed E-state index contributed by atoms with van der Waals surface area (Å²) in [6.45, 7) is 5.09. The Kier molecular flexibility index (Phi) is 3.06. The van der Waals surface area contributed by atoms with Gasteiger partial charge >= 0.3 is 0 Å². The third-order valence-electron chi connectivity index (χ3n) is 3.88. The molecule has 3 heteroatoms. The molecule has 0 aromatic rings. The smallest absolute Gasteiger partial charge is 0.219 e. The molecule has 1 saturated carbocycles. The van der Waals surface area contributed by atoms with Gasteiger partial charge in [0.25, 0.3) is 0 Å². The first-order valence-electron chi connectivity index (χ1n) is 6.18. The molecule has 2 rings (SSSR count). The predicted octanol–water partition coefficient (Wildman–Crippen LogP) is 1.44. The van der Waals surface area contributed by atoms with Crippen molar-refractivity contribution in [3.8, 4) is 0 Å². The fourth-order valence-corrected chi connectivity index (χ4v) is 3.03. The summed E-state index contributed by atoms with van der Waals surface area (Å²) in [6, 6.07) is 0. The molecule has 0 radical (unpaired) electrons. The Morgan fingerprint density at radius 1 is 1.44 bits per heavy atom. The minimum absolute atomic E-state index is 0.169. The van der Waals surface area contributed by atoms with Crippen LogP contribution in [0.4, 0.5) is 0 Å². The zero-order valence-corrected chi connectivity index (χ0v) is 10.2. The third kappa shape index (κ3) is 2.64. The van der Waals surface area contributed by atoms with Crippen LogP contribution in [0.3, 0.4) is 0 Å². The molecule has 3 atom stereocenters. The maximum absolute atomic E-state index is 10.9. The van der Waals surface area contributed by atoms with E-state index in [1.54, 1.807) is 0 Å². The number of nitrogens with one attached hydrogen (secondary N) is 1. The number of carbonyl (C=O) groups is 1. The first-order chi connectivity index (χ1) is 7.46. The Hall–Kier alpha value is -0.830. The Labute approximate surface area is 97.5 Å². The topological polar surface area (TPSA) is 55.1 Å². The highest BCUT2D eigenvalue weighted by Gasteiger charge is 2.36. The number of amides is 1. The molecule has 0 aromatic carbocycles.